The Balaban J connectivity index is 1.81. The third-order valence-electron chi connectivity index (χ3n) is 5.59. The number of nitrogens with zero attached hydrogens (tertiary/aromatic N) is 2. The number of urea groups is 1. The van der Waals surface area contributed by atoms with E-state index in [1.54, 1.807) is 0 Å². The fourth-order valence-corrected chi connectivity index (χ4v) is 3.81. The van der Waals surface area contributed by atoms with Gasteiger partial charge in [0.15, 0.2) is 0 Å². The lowest BCUT2D eigenvalue weighted by atomic mass is 10.1. The Hall–Kier alpha value is -2.72. The van der Waals surface area contributed by atoms with E-state index < -0.39 is 0 Å². The highest BCUT2D eigenvalue weighted by molar-refractivity contribution is 6.30. The second-order valence-corrected chi connectivity index (χ2v) is 8.28. The van der Waals surface area contributed by atoms with Gasteiger partial charge in [-0.1, -0.05) is 48.9 Å². The number of halogens is 1. The van der Waals surface area contributed by atoms with Crippen LogP contribution in [0.1, 0.15) is 42.7 Å². The Morgan fingerprint density at radius 1 is 1.10 bits per heavy atom. The first-order valence-electron chi connectivity index (χ1n) is 10.4. The summed E-state index contributed by atoms with van der Waals surface area (Å²) in [6.45, 7) is 9.50. The number of amides is 2. The summed E-state index contributed by atoms with van der Waals surface area (Å²) in [5.41, 5.74) is 5.25. The molecule has 1 heterocycles. The van der Waals surface area contributed by atoms with E-state index >= 15 is 0 Å². The molecule has 4 nitrogen and oxygen atoms in total. The van der Waals surface area contributed by atoms with E-state index in [9.17, 15) is 4.79 Å². The summed E-state index contributed by atoms with van der Waals surface area (Å²) in [4.78, 5) is 15.2. The van der Waals surface area contributed by atoms with Crippen molar-refractivity contribution in [3.8, 4) is 0 Å². The van der Waals surface area contributed by atoms with Gasteiger partial charge in [-0.15, -0.1) is 0 Å². The predicted octanol–water partition coefficient (Wildman–Crippen LogP) is 6.64. The van der Waals surface area contributed by atoms with E-state index in [1.807, 2.05) is 61.2 Å². The Kier molecular flexibility index (Phi) is 7.22. The average Bonchev–Trinajstić information content (AvgIpc) is 3.15. The molecule has 0 aliphatic heterocycles. The van der Waals surface area contributed by atoms with Gasteiger partial charge in [-0.3, -0.25) is 0 Å². The smallest absolute Gasteiger partial charge is 0.322 e. The van der Waals surface area contributed by atoms with Crippen LogP contribution in [0.2, 0.25) is 5.02 Å². The molecule has 0 aliphatic rings. The zero-order valence-electron chi connectivity index (χ0n) is 18.2. The average molecular weight is 424 g/mol. The van der Waals surface area contributed by atoms with E-state index in [1.165, 1.54) is 0 Å². The van der Waals surface area contributed by atoms with Gasteiger partial charge in [-0.05, 0) is 68.1 Å². The largest absolute Gasteiger partial charge is 0.345 e. The maximum atomic E-state index is 13.2. The topological polar surface area (TPSA) is 37.3 Å². The second kappa shape index (κ2) is 9.86. The number of para-hydroxylation sites is 1. The number of benzene rings is 2. The van der Waals surface area contributed by atoms with Crippen molar-refractivity contribution in [1.82, 2.24) is 9.47 Å². The van der Waals surface area contributed by atoms with Crippen LogP contribution in [-0.4, -0.2) is 21.5 Å². The monoisotopic (exact) mass is 423 g/mol. The van der Waals surface area contributed by atoms with Gasteiger partial charge in [0.25, 0.3) is 0 Å². The summed E-state index contributed by atoms with van der Waals surface area (Å²) in [7, 11) is 0. The van der Waals surface area contributed by atoms with Crippen molar-refractivity contribution in [2.24, 2.45) is 0 Å². The summed E-state index contributed by atoms with van der Waals surface area (Å²) >= 11 is 6.14. The molecule has 2 aromatic carbocycles. The van der Waals surface area contributed by atoms with Crippen LogP contribution in [0.4, 0.5) is 10.5 Å². The lowest BCUT2D eigenvalue weighted by molar-refractivity contribution is 0.185. The highest BCUT2D eigenvalue weighted by Crippen LogP contribution is 2.22. The SMILES string of the molecule is CCC(C)N(Cc1cccn1Cc1cccc(Cl)c1)C(=O)Nc1c(C)cccc1C. The number of aromatic nitrogens is 1. The number of rotatable bonds is 7. The number of aryl methyl sites for hydroxylation is 2. The fourth-order valence-electron chi connectivity index (χ4n) is 3.59. The lowest BCUT2D eigenvalue weighted by Gasteiger charge is -2.30. The Bertz CT molecular complexity index is 991. The molecule has 1 atom stereocenters. The number of hydrogen-bond donors (Lipinski definition) is 1. The number of carbonyl (C=O) groups excluding carboxylic acids is 1. The standard InChI is InChI=1S/C25H30ClN3O/c1-5-20(4)29(25(30)27-24-18(2)9-6-10-19(24)3)17-23-13-8-14-28(23)16-21-11-7-12-22(26)15-21/h6-15,20H,5,16-17H2,1-4H3,(H,27,30). The zero-order chi connectivity index (χ0) is 21.7. The second-order valence-electron chi connectivity index (χ2n) is 7.84. The first-order valence-corrected chi connectivity index (χ1v) is 10.8. The van der Waals surface area contributed by atoms with Crippen LogP contribution in [0.5, 0.6) is 0 Å². The molecule has 0 saturated heterocycles. The molecule has 1 aromatic heterocycles. The molecule has 0 spiro atoms. The summed E-state index contributed by atoms with van der Waals surface area (Å²) < 4.78 is 2.17. The molecule has 0 bridgehead atoms. The lowest BCUT2D eigenvalue weighted by Crippen LogP contribution is -2.41. The van der Waals surface area contributed by atoms with Crippen LogP contribution in [0.3, 0.4) is 0 Å². The van der Waals surface area contributed by atoms with Gasteiger partial charge in [0.1, 0.15) is 0 Å². The molecule has 1 unspecified atom stereocenters. The van der Waals surface area contributed by atoms with Crippen molar-refractivity contribution >= 4 is 23.3 Å². The van der Waals surface area contributed by atoms with Gasteiger partial charge in [-0.2, -0.15) is 0 Å². The molecule has 30 heavy (non-hydrogen) atoms. The minimum absolute atomic E-state index is 0.0720. The molecule has 3 aromatic rings. The molecular weight excluding hydrogens is 394 g/mol. The number of anilines is 1. The Morgan fingerprint density at radius 3 is 2.47 bits per heavy atom. The van der Waals surface area contributed by atoms with Crippen molar-refractivity contribution in [1.29, 1.82) is 0 Å². The van der Waals surface area contributed by atoms with Gasteiger partial charge >= 0.3 is 6.03 Å². The third kappa shape index (κ3) is 5.25. The maximum absolute atomic E-state index is 13.2. The number of nitrogens with one attached hydrogen (secondary N) is 1. The van der Waals surface area contributed by atoms with Crippen molar-refractivity contribution in [2.45, 2.75) is 53.2 Å². The van der Waals surface area contributed by atoms with Crippen LogP contribution < -0.4 is 5.32 Å². The molecule has 5 heteroatoms. The maximum Gasteiger partial charge on any atom is 0.322 e. The van der Waals surface area contributed by atoms with Crippen molar-refractivity contribution in [2.75, 3.05) is 5.32 Å². The van der Waals surface area contributed by atoms with Crippen molar-refractivity contribution in [3.05, 3.63) is 88.2 Å². The van der Waals surface area contributed by atoms with E-state index in [4.69, 9.17) is 11.6 Å². The van der Waals surface area contributed by atoms with Gasteiger partial charge in [0.2, 0.25) is 0 Å². The highest BCUT2D eigenvalue weighted by atomic mass is 35.5. The van der Waals surface area contributed by atoms with Gasteiger partial charge < -0.3 is 14.8 Å². The number of hydrogen-bond acceptors (Lipinski definition) is 1. The predicted molar refractivity (Wildman–Crippen MR) is 125 cm³/mol. The van der Waals surface area contributed by atoms with Crippen molar-refractivity contribution in [3.63, 3.8) is 0 Å². The van der Waals surface area contributed by atoms with Crippen LogP contribution in [0, 0.1) is 13.8 Å². The summed E-state index contributed by atoms with van der Waals surface area (Å²) in [6.07, 6.45) is 2.93. The highest BCUT2D eigenvalue weighted by Gasteiger charge is 2.21. The van der Waals surface area contributed by atoms with E-state index in [2.05, 4.69) is 42.1 Å². The van der Waals surface area contributed by atoms with E-state index in [-0.39, 0.29) is 12.1 Å². The molecule has 158 valence electrons. The molecule has 2 amide bonds. The normalized spacial score (nSPS) is 11.9. The van der Waals surface area contributed by atoms with Crippen LogP contribution in [0.15, 0.2) is 60.8 Å². The summed E-state index contributed by atoms with van der Waals surface area (Å²) in [5.74, 6) is 0. The first-order chi connectivity index (χ1) is 14.4. The fraction of sp³-hybridized carbons (Fsp3) is 0.320. The quantitative estimate of drug-likeness (QED) is 0.454. The summed E-state index contributed by atoms with van der Waals surface area (Å²) in [5, 5.41) is 3.88. The van der Waals surface area contributed by atoms with Crippen LogP contribution in [0.25, 0.3) is 0 Å². The zero-order valence-corrected chi connectivity index (χ0v) is 18.9. The summed E-state index contributed by atoms with van der Waals surface area (Å²) in [6, 6.07) is 18.1. The Morgan fingerprint density at radius 2 is 1.80 bits per heavy atom. The molecule has 3 rings (SSSR count). The van der Waals surface area contributed by atoms with Gasteiger partial charge in [-0.25, -0.2) is 4.79 Å². The minimum Gasteiger partial charge on any atom is -0.345 e. The van der Waals surface area contributed by atoms with Crippen LogP contribution in [-0.2, 0) is 13.1 Å². The van der Waals surface area contributed by atoms with E-state index in [0.29, 0.717) is 6.54 Å². The molecule has 0 aliphatic carbocycles. The van der Waals surface area contributed by atoms with E-state index in [0.717, 1.165) is 46.1 Å². The molecule has 0 saturated carbocycles. The molecule has 0 radical (unpaired) electrons. The van der Waals surface area contributed by atoms with Crippen molar-refractivity contribution < 1.29 is 4.79 Å². The molecule has 1 N–H and O–H groups in total. The molecule has 0 fully saturated rings. The minimum atomic E-state index is -0.0720. The first kappa shape index (κ1) is 22.0. The third-order valence-corrected chi connectivity index (χ3v) is 5.83. The number of carbonyl (C=O) groups is 1. The van der Waals surface area contributed by atoms with Crippen LogP contribution >= 0.6 is 11.6 Å². The Labute approximate surface area is 184 Å². The molecular formula is C25H30ClN3O. The van der Waals surface area contributed by atoms with Gasteiger partial charge in [0, 0.05) is 35.2 Å². The van der Waals surface area contributed by atoms with Gasteiger partial charge in [0.05, 0.1) is 6.54 Å².